The highest BCUT2D eigenvalue weighted by Crippen LogP contribution is 2.28. The van der Waals surface area contributed by atoms with Gasteiger partial charge in [0.2, 0.25) is 5.88 Å². The summed E-state index contributed by atoms with van der Waals surface area (Å²) in [6, 6.07) is 10.7. The summed E-state index contributed by atoms with van der Waals surface area (Å²) in [7, 11) is 0. The number of nitrogens with zero attached hydrogens (tertiary/aromatic N) is 5. The maximum atomic E-state index is 6.22. The van der Waals surface area contributed by atoms with Gasteiger partial charge in [-0.15, -0.1) is 29.9 Å². The van der Waals surface area contributed by atoms with Crippen LogP contribution in [-0.4, -0.2) is 57.3 Å². The highest BCUT2D eigenvalue weighted by molar-refractivity contribution is 5.85. The van der Waals surface area contributed by atoms with E-state index in [1.165, 1.54) is 32.1 Å². The van der Waals surface area contributed by atoms with Crippen LogP contribution in [0.15, 0.2) is 30.3 Å². The van der Waals surface area contributed by atoms with Crippen molar-refractivity contribution in [2.45, 2.75) is 52.0 Å². The van der Waals surface area contributed by atoms with Crippen molar-refractivity contribution in [3.63, 3.8) is 0 Å². The van der Waals surface area contributed by atoms with Gasteiger partial charge in [-0.05, 0) is 38.2 Å². The fourth-order valence-corrected chi connectivity index (χ4v) is 4.77. The third kappa shape index (κ3) is 6.10. The van der Waals surface area contributed by atoms with Crippen LogP contribution in [0.3, 0.4) is 0 Å². The predicted octanol–water partition coefficient (Wildman–Crippen LogP) is 3.88. The summed E-state index contributed by atoms with van der Waals surface area (Å²) in [4.78, 5) is 11.9. The van der Waals surface area contributed by atoms with Crippen LogP contribution in [0.1, 0.15) is 44.6 Å². The van der Waals surface area contributed by atoms with E-state index in [0.29, 0.717) is 29.4 Å². The Morgan fingerprint density at radius 1 is 1.09 bits per heavy atom. The zero-order valence-corrected chi connectivity index (χ0v) is 21.5. The summed E-state index contributed by atoms with van der Waals surface area (Å²) in [6.45, 7) is 7.82. The van der Waals surface area contributed by atoms with Gasteiger partial charge in [0, 0.05) is 37.3 Å². The van der Waals surface area contributed by atoms with E-state index in [-0.39, 0.29) is 30.3 Å². The van der Waals surface area contributed by atoms with E-state index in [1.54, 1.807) is 0 Å². The number of hydrogen-bond donors (Lipinski definition) is 1. The highest BCUT2D eigenvalue weighted by Gasteiger charge is 2.23. The molecule has 1 unspecified atom stereocenters. The van der Waals surface area contributed by atoms with Crippen LogP contribution in [0.25, 0.3) is 17.2 Å². The quantitative estimate of drug-likeness (QED) is 0.558. The van der Waals surface area contributed by atoms with Crippen molar-refractivity contribution in [3.05, 3.63) is 35.9 Å². The maximum Gasteiger partial charge on any atom is 0.257 e. The molecule has 1 aliphatic heterocycles. The molecule has 0 spiro atoms. The number of nitrogens with one attached hydrogen (secondary N) is 1. The molecular weight excluding hydrogens is 475 g/mol. The summed E-state index contributed by atoms with van der Waals surface area (Å²) < 4.78 is 8.10. The summed E-state index contributed by atoms with van der Waals surface area (Å²) >= 11 is 0. The number of halogens is 2. The van der Waals surface area contributed by atoms with E-state index >= 15 is 0 Å². The van der Waals surface area contributed by atoms with Crippen LogP contribution in [-0.2, 0) is 0 Å². The number of hydrogen-bond acceptors (Lipinski definition) is 6. The molecule has 2 aromatic heterocycles. The highest BCUT2D eigenvalue weighted by atomic mass is 35.5. The number of aromatic nitrogens is 4. The molecule has 3 N–H and O–H groups in total. The number of rotatable bonds is 5. The lowest BCUT2D eigenvalue weighted by Gasteiger charge is -2.33. The Morgan fingerprint density at radius 3 is 2.59 bits per heavy atom. The average Bonchev–Trinajstić information content (AvgIpc) is 3.22. The van der Waals surface area contributed by atoms with Gasteiger partial charge in [-0.2, -0.15) is 14.5 Å². The van der Waals surface area contributed by atoms with Crippen LogP contribution in [0, 0.1) is 12.8 Å². The predicted molar refractivity (Wildman–Crippen MR) is 141 cm³/mol. The number of aryl methyl sites for hydroxylation is 1. The molecule has 2 fully saturated rings. The van der Waals surface area contributed by atoms with Gasteiger partial charge in [-0.3, -0.25) is 0 Å². The molecule has 1 atom stereocenters. The van der Waals surface area contributed by atoms with Crippen LogP contribution >= 0.6 is 24.8 Å². The zero-order chi connectivity index (χ0) is 21.2. The summed E-state index contributed by atoms with van der Waals surface area (Å²) in [5.74, 6) is 3.60. The van der Waals surface area contributed by atoms with E-state index in [0.717, 1.165) is 43.2 Å². The first-order valence-electron chi connectivity index (χ1n) is 11.6. The number of piperazine rings is 1. The Labute approximate surface area is 213 Å². The molecule has 0 amide bonds. The maximum absolute atomic E-state index is 6.22. The minimum absolute atomic E-state index is 0. The molecule has 10 heteroatoms. The van der Waals surface area contributed by atoms with Crippen molar-refractivity contribution in [1.82, 2.24) is 24.9 Å². The zero-order valence-electron chi connectivity index (χ0n) is 19.9. The number of ether oxygens (including phenoxy) is 1. The number of fused-ring (bicyclic) bond motifs is 1. The lowest BCUT2D eigenvalue weighted by atomic mass is 9.90. The van der Waals surface area contributed by atoms with Gasteiger partial charge >= 0.3 is 0 Å². The Balaban J connectivity index is 0.00000136. The van der Waals surface area contributed by atoms with Gasteiger partial charge in [0.15, 0.2) is 5.82 Å². The van der Waals surface area contributed by atoms with Crippen LogP contribution in [0.2, 0.25) is 0 Å². The molecule has 1 aliphatic carbocycles. The molecule has 1 saturated carbocycles. The molecule has 3 aromatic rings. The average molecular weight is 511 g/mol. The van der Waals surface area contributed by atoms with E-state index in [2.05, 4.69) is 36.2 Å². The Morgan fingerprint density at radius 2 is 1.85 bits per heavy atom. The lowest BCUT2D eigenvalue weighted by molar-refractivity contribution is 0.203. The first-order valence-corrected chi connectivity index (χ1v) is 11.6. The molecule has 1 saturated heterocycles. The normalized spacial score (nSPS) is 18.5. The number of benzene rings is 1. The Kier molecular flexibility index (Phi) is 10.4. The Hall–Kier alpha value is -2.13. The fourth-order valence-electron chi connectivity index (χ4n) is 4.77. The molecule has 8 nitrogen and oxygen atoms in total. The molecule has 0 radical (unpaired) electrons. The second-order valence-corrected chi connectivity index (χ2v) is 9.03. The largest absolute Gasteiger partial charge is 0.477 e. The lowest BCUT2D eigenvalue weighted by Crippen LogP contribution is -2.49. The molecule has 3 heterocycles. The summed E-state index contributed by atoms with van der Waals surface area (Å²) in [6.07, 6.45) is 6.50. The van der Waals surface area contributed by atoms with Crippen molar-refractivity contribution in [3.8, 4) is 17.3 Å². The molecule has 5 rings (SSSR count). The monoisotopic (exact) mass is 510 g/mol. The standard InChI is InChI=1S/C24H32N6O.2ClH.H2O/c1-17-8-6-7-11-20(17)23-27-24-26-21(31-16-19-9-4-3-5-10-19)14-22(30(24)28-23)29-13-12-25-18(2)15-29;;;/h6-8,11,14,18-19,25H,3-5,9-10,12-13,15-16H2,1-2H3;2*1H;1H2. The molecule has 1 aromatic carbocycles. The topological polar surface area (TPSA) is 99.1 Å². The second-order valence-electron chi connectivity index (χ2n) is 9.03. The van der Waals surface area contributed by atoms with Crippen molar-refractivity contribution in [2.24, 2.45) is 5.92 Å². The SMILES string of the molecule is Cc1ccccc1-c1nc2nc(OCC3CCCCC3)cc(N3CCNC(C)C3)n2n1.Cl.Cl.O. The Bertz CT molecular complexity index is 1060. The third-order valence-corrected chi connectivity index (χ3v) is 6.54. The minimum Gasteiger partial charge on any atom is -0.477 e. The number of anilines is 1. The fraction of sp³-hybridized carbons (Fsp3) is 0.542. The summed E-state index contributed by atoms with van der Waals surface area (Å²) in [5, 5.41) is 8.38. The van der Waals surface area contributed by atoms with E-state index < -0.39 is 0 Å². The van der Waals surface area contributed by atoms with Crippen LogP contribution in [0.5, 0.6) is 5.88 Å². The van der Waals surface area contributed by atoms with Gasteiger partial charge in [-0.1, -0.05) is 43.5 Å². The van der Waals surface area contributed by atoms with Crippen LogP contribution < -0.4 is 15.0 Å². The first-order chi connectivity index (χ1) is 15.2. The first kappa shape index (κ1) is 28.1. The van der Waals surface area contributed by atoms with E-state index in [9.17, 15) is 0 Å². The molecule has 2 aliphatic rings. The molecule has 34 heavy (non-hydrogen) atoms. The van der Waals surface area contributed by atoms with Crippen LogP contribution in [0.4, 0.5) is 5.82 Å². The van der Waals surface area contributed by atoms with E-state index in [1.807, 2.05) is 22.7 Å². The van der Waals surface area contributed by atoms with Gasteiger partial charge in [0.1, 0.15) is 5.82 Å². The molecular formula is C24H36Cl2N6O2. The van der Waals surface area contributed by atoms with Gasteiger partial charge in [0.05, 0.1) is 6.61 Å². The second kappa shape index (κ2) is 12.5. The molecule has 188 valence electrons. The van der Waals surface area contributed by atoms with Gasteiger partial charge < -0.3 is 20.4 Å². The molecule has 0 bridgehead atoms. The third-order valence-electron chi connectivity index (χ3n) is 6.54. The van der Waals surface area contributed by atoms with Crippen molar-refractivity contribution in [1.29, 1.82) is 0 Å². The minimum atomic E-state index is 0. The van der Waals surface area contributed by atoms with E-state index in [4.69, 9.17) is 19.8 Å². The summed E-state index contributed by atoms with van der Waals surface area (Å²) in [5.41, 5.74) is 2.20. The smallest absolute Gasteiger partial charge is 0.257 e. The van der Waals surface area contributed by atoms with Crippen molar-refractivity contribution in [2.75, 3.05) is 31.1 Å². The van der Waals surface area contributed by atoms with Gasteiger partial charge in [0.25, 0.3) is 5.78 Å². The van der Waals surface area contributed by atoms with Crippen molar-refractivity contribution < 1.29 is 10.2 Å². The van der Waals surface area contributed by atoms with Gasteiger partial charge in [-0.25, -0.2) is 0 Å². The van der Waals surface area contributed by atoms with Crippen molar-refractivity contribution >= 4 is 36.4 Å².